The van der Waals surface area contributed by atoms with Crippen molar-refractivity contribution in [2.24, 2.45) is 0 Å². The van der Waals surface area contributed by atoms with Gasteiger partial charge in [-0.1, -0.05) is 17.4 Å². The molecule has 0 saturated carbocycles. The lowest BCUT2D eigenvalue weighted by Crippen LogP contribution is -2.43. The Hall–Kier alpha value is -2.88. The molecular weight excluding hydrogens is 421 g/mol. The Kier molecular flexibility index (Phi) is 6.55. The molecule has 0 atom stereocenters. The van der Waals surface area contributed by atoms with Crippen LogP contribution in [0, 0.1) is 5.82 Å². The van der Waals surface area contributed by atoms with E-state index in [0.29, 0.717) is 47.3 Å². The second-order valence-corrected chi connectivity index (χ2v) is 8.07. The first-order valence-electron chi connectivity index (χ1n) is 9.92. The molecule has 0 unspecified atom stereocenters. The largest absolute Gasteiger partial charge is 0.465 e. The zero-order valence-electron chi connectivity index (χ0n) is 17.0. The maximum absolute atomic E-state index is 14.2. The van der Waals surface area contributed by atoms with Crippen molar-refractivity contribution in [3.63, 3.8) is 0 Å². The first kappa shape index (κ1) is 21.4. The highest BCUT2D eigenvalue weighted by Gasteiger charge is 2.24. The van der Waals surface area contributed by atoms with Gasteiger partial charge in [-0.3, -0.25) is 14.6 Å². The number of benzene rings is 2. The molecule has 31 heavy (non-hydrogen) atoms. The molecule has 2 aromatic carbocycles. The van der Waals surface area contributed by atoms with Gasteiger partial charge in [-0.05, 0) is 36.4 Å². The van der Waals surface area contributed by atoms with Gasteiger partial charge in [-0.25, -0.2) is 14.2 Å². The minimum Gasteiger partial charge on any atom is -0.465 e. The summed E-state index contributed by atoms with van der Waals surface area (Å²) in [5.41, 5.74) is 1.03. The predicted molar refractivity (Wildman–Crippen MR) is 116 cm³/mol. The van der Waals surface area contributed by atoms with E-state index in [1.807, 2.05) is 0 Å². The average molecular weight is 444 g/mol. The summed E-state index contributed by atoms with van der Waals surface area (Å²) in [7, 11) is 1.31. The van der Waals surface area contributed by atoms with Crippen molar-refractivity contribution in [2.45, 2.75) is 0 Å². The molecule has 9 heteroatoms. The molecule has 162 valence electrons. The standard InChI is InChI=1S/C22H22FN3O4S/c1-29-21(28)16-7-5-15(6-8-16)20(27)26(10-9-25-11-13-30-14-12-25)22-24-19-17(23)3-2-4-18(19)31-22/h2-8H,9-14H2,1H3. The summed E-state index contributed by atoms with van der Waals surface area (Å²) < 4.78 is 25.0. The summed E-state index contributed by atoms with van der Waals surface area (Å²) in [5, 5.41) is 0.440. The predicted octanol–water partition coefficient (Wildman–Crippen LogP) is 3.20. The first-order chi connectivity index (χ1) is 15.1. The summed E-state index contributed by atoms with van der Waals surface area (Å²) in [5.74, 6) is -1.14. The number of ether oxygens (including phenoxy) is 2. The van der Waals surface area contributed by atoms with E-state index >= 15 is 0 Å². The van der Waals surface area contributed by atoms with E-state index < -0.39 is 11.8 Å². The second-order valence-electron chi connectivity index (χ2n) is 7.06. The van der Waals surface area contributed by atoms with Gasteiger partial charge in [0.15, 0.2) is 5.13 Å². The van der Waals surface area contributed by atoms with Crippen molar-refractivity contribution in [1.82, 2.24) is 9.88 Å². The van der Waals surface area contributed by atoms with Crippen molar-refractivity contribution in [3.05, 3.63) is 59.4 Å². The van der Waals surface area contributed by atoms with Crippen molar-refractivity contribution in [1.29, 1.82) is 0 Å². The fraction of sp³-hybridized carbons (Fsp3) is 0.318. The molecule has 3 aromatic rings. The van der Waals surface area contributed by atoms with Crippen LogP contribution >= 0.6 is 11.3 Å². The Morgan fingerprint density at radius 1 is 1.16 bits per heavy atom. The van der Waals surface area contributed by atoms with Gasteiger partial charge in [0.05, 0.1) is 30.6 Å². The Bertz CT molecular complexity index is 1080. The molecular formula is C22H22FN3O4S. The Balaban J connectivity index is 1.62. The van der Waals surface area contributed by atoms with Gasteiger partial charge in [0.2, 0.25) is 0 Å². The molecule has 0 N–H and O–H groups in total. The smallest absolute Gasteiger partial charge is 0.337 e. The maximum Gasteiger partial charge on any atom is 0.337 e. The van der Waals surface area contributed by atoms with Gasteiger partial charge >= 0.3 is 5.97 Å². The summed E-state index contributed by atoms with van der Waals surface area (Å²) in [6, 6.07) is 11.1. The molecule has 0 spiro atoms. The SMILES string of the molecule is COC(=O)c1ccc(C(=O)N(CCN2CCOCC2)c2nc3c(F)cccc3s2)cc1. The quantitative estimate of drug-likeness (QED) is 0.545. The minimum absolute atomic E-state index is 0.257. The number of carbonyl (C=O) groups excluding carboxylic acids is 2. The number of esters is 1. The van der Waals surface area contributed by atoms with Crippen LogP contribution in [0.4, 0.5) is 9.52 Å². The zero-order chi connectivity index (χ0) is 21.8. The number of fused-ring (bicyclic) bond motifs is 1. The van der Waals surface area contributed by atoms with E-state index in [-0.39, 0.29) is 11.4 Å². The molecule has 1 aromatic heterocycles. The molecule has 2 heterocycles. The topological polar surface area (TPSA) is 72.0 Å². The van der Waals surface area contributed by atoms with Crippen molar-refractivity contribution < 1.29 is 23.5 Å². The maximum atomic E-state index is 14.2. The minimum atomic E-state index is -0.468. The monoisotopic (exact) mass is 443 g/mol. The number of aromatic nitrogens is 1. The number of hydrogen-bond donors (Lipinski definition) is 0. The van der Waals surface area contributed by atoms with Crippen molar-refractivity contribution >= 4 is 38.6 Å². The Labute approximate surface area is 183 Å². The second kappa shape index (κ2) is 9.51. The Morgan fingerprint density at radius 3 is 2.55 bits per heavy atom. The molecule has 1 fully saturated rings. The number of rotatable bonds is 6. The number of amides is 1. The van der Waals surface area contributed by atoms with Gasteiger partial charge in [0, 0.05) is 31.7 Å². The van der Waals surface area contributed by atoms with Gasteiger partial charge < -0.3 is 9.47 Å². The molecule has 1 aliphatic heterocycles. The highest BCUT2D eigenvalue weighted by atomic mass is 32.1. The fourth-order valence-electron chi connectivity index (χ4n) is 3.39. The number of anilines is 1. The van der Waals surface area contributed by atoms with E-state index in [1.54, 1.807) is 41.3 Å². The molecule has 4 rings (SSSR count). The summed E-state index contributed by atoms with van der Waals surface area (Å²) >= 11 is 1.28. The van der Waals surface area contributed by atoms with Gasteiger partial charge in [-0.15, -0.1) is 0 Å². The first-order valence-corrected chi connectivity index (χ1v) is 10.7. The van der Waals surface area contributed by atoms with Crippen LogP contribution in [0.3, 0.4) is 0 Å². The number of halogens is 1. The van der Waals surface area contributed by atoms with Crippen LogP contribution in [0.1, 0.15) is 20.7 Å². The summed E-state index contributed by atoms with van der Waals surface area (Å²) in [6.45, 7) is 3.96. The number of nitrogens with zero attached hydrogens (tertiary/aromatic N) is 3. The number of carbonyl (C=O) groups is 2. The van der Waals surface area contributed by atoms with Gasteiger partial charge in [0.25, 0.3) is 5.91 Å². The lowest BCUT2D eigenvalue weighted by atomic mass is 10.1. The molecule has 0 aliphatic carbocycles. The number of morpholine rings is 1. The average Bonchev–Trinajstić information content (AvgIpc) is 3.25. The summed E-state index contributed by atoms with van der Waals surface area (Å²) in [6.07, 6.45) is 0. The number of thiazole rings is 1. The van der Waals surface area contributed by atoms with Crippen LogP contribution < -0.4 is 4.90 Å². The van der Waals surface area contributed by atoms with Gasteiger partial charge in [-0.2, -0.15) is 0 Å². The Morgan fingerprint density at radius 2 is 1.87 bits per heavy atom. The molecule has 1 saturated heterocycles. The van der Waals surface area contributed by atoms with E-state index in [1.165, 1.54) is 24.5 Å². The molecule has 0 bridgehead atoms. The number of hydrogen-bond acceptors (Lipinski definition) is 7. The van der Waals surface area contributed by atoms with Crippen LogP contribution in [0.25, 0.3) is 10.2 Å². The van der Waals surface area contributed by atoms with Crippen LogP contribution in [-0.4, -0.2) is 68.3 Å². The third kappa shape index (κ3) is 4.73. The fourth-order valence-corrected chi connectivity index (χ4v) is 4.40. The molecule has 1 aliphatic rings. The lowest BCUT2D eigenvalue weighted by Gasteiger charge is -2.29. The van der Waals surface area contributed by atoms with E-state index in [9.17, 15) is 14.0 Å². The van der Waals surface area contributed by atoms with Crippen molar-refractivity contribution in [2.75, 3.05) is 51.4 Å². The van der Waals surface area contributed by atoms with Gasteiger partial charge in [0.1, 0.15) is 11.3 Å². The number of methoxy groups -OCH3 is 1. The molecule has 1 amide bonds. The van der Waals surface area contributed by atoms with Crippen LogP contribution in [-0.2, 0) is 9.47 Å². The van der Waals surface area contributed by atoms with Crippen LogP contribution in [0.2, 0.25) is 0 Å². The highest BCUT2D eigenvalue weighted by molar-refractivity contribution is 7.22. The van der Waals surface area contributed by atoms with Crippen LogP contribution in [0.5, 0.6) is 0 Å². The van der Waals surface area contributed by atoms with E-state index in [0.717, 1.165) is 13.1 Å². The summed E-state index contributed by atoms with van der Waals surface area (Å²) in [4.78, 5) is 33.3. The normalized spacial score (nSPS) is 14.5. The van der Waals surface area contributed by atoms with Crippen LogP contribution in [0.15, 0.2) is 42.5 Å². The third-order valence-electron chi connectivity index (χ3n) is 5.13. The van der Waals surface area contributed by atoms with E-state index in [2.05, 4.69) is 9.88 Å². The number of para-hydroxylation sites is 1. The molecule has 0 radical (unpaired) electrons. The highest BCUT2D eigenvalue weighted by Crippen LogP contribution is 2.31. The zero-order valence-corrected chi connectivity index (χ0v) is 17.9. The van der Waals surface area contributed by atoms with E-state index in [4.69, 9.17) is 9.47 Å². The molecule has 7 nitrogen and oxygen atoms in total. The lowest BCUT2D eigenvalue weighted by molar-refractivity contribution is 0.0391. The van der Waals surface area contributed by atoms with Crippen molar-refractivity contribution in [3.8, 4) is 0 Å². The third-order valence-corrected chi connectivity index (χ3v) is 6.17.